The van der Waals surface area contributed by atoms with E-state index in [-0.39, 0.29) is 12.1 Å². The van der Waals surface area contributed by atoms with Gasteiger partial charge in [-0.1, -0.05) is 18.2 Å². The molecular weight excluding hydrogens is 204 g/mol. The lowest BCUT2D eigenvalue weighted by molar-refractivity contribution is 0.173. The molecule has 0 fully saturated rings. The number of benzene rings is 1. The number of methoxy groups -OCH3 is 1. The van der Waals surface area contributed by atoms with Crippen molar-refractivity contribution < 1.29 is 9.53 Å². The van der Waals surface area contributed by atoms with E-state index in [2.05, 4.69) is 10.6 Å². The van der Waals surface area contributed by atoms with Crippen molar-refractivity contribution in [2.45, 2.75) is 19.9 Å². The molecule has 0 aliphatic heterocycles. The van der Waals surface area contributed by atoms with Gasteiger partial charge < -0.3 is 15.4 Å². The number of anilines is 1. The van der Waals surface area contributed by atoms with Crippen LogP contribution in [0.1, 0.15) is 12.5 Å². The van der Waals surface area contributed by atoms with Gasteiger partial charge in [-0.05, 0) is 25.5 Å². The first-order valence-corrected chi connectivity index (χ1v) is 5.25. The smallest absolute Gasteiger partial charge is 0.319 e. The van der Waals surface area contributed by atoms with Gasteiger partial charge in [-0.15, -0.1) is 0 Å². The van der Waals surface area contributed by atoms with Crippen LogP contribution in [0.2, 0.25) is 0 Å². The third-order valence-corrected chi connectivity index (χ3v) is 2.19. The van der Waals surface area contributed by atoms with E-state index < -0.39 is 0 Å². The van der Waals surface area contributed by atoms with Crippen molar-refractivity contribution in [2.24, 2.45) is 0 Å². The molecule has 0 bridgehead atoms. The summed E-state index contributed by atoms with van der Waals surface area (Å²) in [7, 11) is 1.61. The van der Waals surface area contributed by atoms with Crippen LogP contribution in [0, 0.1) is 6.92 Å². The van der Waals surface area contributed by atoms with Gasteiger partial charge in [0.05, 0.1) is 12.6 Å². The predicted octanol–water partition coefficient (Wildman–Crippen LogP) is 2.15. The first-order valence-electron chi connectivity index (χ1n) is 5.25. The van der Waals surface area contributed by atoms with Crippen LogP contribution in [0.3, 0.4) is 0 Å². The summed E-state index contributed by atoms with van der Waals surface area (Å²) in [5, 5.41) is 5.58. The fraction of sp³-hybridized carbons (Fsp3) is 0.417. The molecule has 0 heterocycles. The van der Waals surface area contributed by atoms with Crippen molar-refractivity contribution in [2.75, 3.05) is 19.0 Å². The van der Waals surface area contributed by atoms with Gasteiger partial charge in [0.15, 0.2) is 0 Å². The largest absolute Gasteiger partial charge is 0.383 e. The highest BCUT2D eigenvalue weighted by atomic mass is 16.5. The van der Waals surface area contributed by atoms with Crippen LogP contribution in [0.15, 0.2) is 24.3 Å². The molecule has 0 aromatic heterocycles. The predicted molar refractivity (Wildman–Crippen MR) is 64.7 cm³/mol. The van der Waals surface area contributed by atoms with E-state index in [1.807, 2.05) is 38.1 Å². The molecule has 88 valence electrons. The zero-order valence-electron chi connectivity index (χ0n) is 9.91. The summed E-state index contributed by atoms with van der Waals surface area (Å²) in [6.45, 7) is 4.34. The summed E-state index contributed by atoms with van der Waals surface area (Å²) in [6.07, 6.45) is 0. The number of rotatable bonds is 4. The normalized spacial score (nSPS) is 11.9. The summed E-state index contributed by atoms with van der Waals surface area (Å²) in [5.41, 5.74) is 1.86. The van der Waals surface area contributed by atoms with E-state index in [1.54, 1.807) is 7.11 Å². The van der Waals surface area contributed by atoms with Crippen LogP contribution >= 0.6 is 0 Å². The van der Waals surface area contributed by atoms with Crippen molar-refractivity contribution in [3.8, 4) is 0 Å². The second-order valence-electron chi connectivity index (χ2n) is 3.77. The molecule has 0 aliphatic rings. The molecule has 1 aromatic carbocycles. The fourth-order valence-corrected chi connectivity index (χ4v) is 1.39. The Morgan fingerprint density at radius 3 is 2.75 bits per heavy atom. The molecule has 4 nitrogen and oxygen atoms in total. The number of nitrogens with one attached hydrogen (secondary N) is 2. The van der Waals surface area contributed by atoms with Crippen LogP contribution in [-0.4, -0.2) is 25.8 Å². The summed E-state index contributed by atoms with van der Waals surface area (Å²) < 4.78 is 4.94. The third kappa shape index (κ3) is 3.90. The number of amides is 2. The van der Waals surface area contributed by atoms with Gasteiger partial charge in [-0.25, -0.2) is 4.79 Å². The molecule has 1 unspecified atom stereocenters. The van der Waals surface area contributed by atoms with E-state index in [0.717, 1.165) is 11.3 Å². The second kappa shape index (κ2) is 6.12. The Hall–Kier alpha value is -1.55. The maximum Gasteiger partial charge on any atom is 0.319 e. The Labute approximate surface area is 96.0 Å². The van der Waals surface area contributed by atoms with Crippen molar-refractivity contribution in [3.63, 3.8) is 0 Å². The standard InChI is InChI=1S/C12H18N2O2/c1-9-6-4-5-7-11(9)14-12(15)13-10(2)8-16-3/h4-7,10H,8H2,1-3H3,(H2,13,14,15). The number of hydrogen-bond donors (Lipinski definition) is 2. The average molecular weight is 222 g/mol. The Kier molecular flexibility index (Phi) is 4.79. The number of para-hydroxylation sites is 1. The number of aryl methyl sites for hydroxylation is 1. The second-order valence-corrected chi connectivity index (χ2v) is 3.77. The molecule has 2 amide bonds. The number of carbonyl (C=O) groups is 1. The highest BCUT2D eigenvalue weighted by molar-refractivity contribution is 5.90. The van der Waals surface area contributed by atoms with Crippen molar-refractivity contribution >= 4 is 11.7 Å². The zero-order valence-corrected chi connectivity index (χ0v) is 9.91. The van der Waals surface area contributed by atoms with E-state index in [9.17, 15) is 4.79 Å². The molecule has 2 N–H and O–H groups in total. The monoisotopic (exact) mass is 222 g/mol. The topological polar surface area (TPSA) is 50.4 Å². The number of urea groups is 1. The minimum absolute atomic E-state index is 0.00554. The van der Waals surface area contributed by atoms with Crippen LogP contribution in [0.4, 0.5) is 10.5 Å². The zero-order chi connectivity index (χ0) is 12.0. The van der Waals surface area contributed by atoms with E-state index in [0.29, 0.717) is 6.61 Å². The SMILES string of the molecule is COCC(C)NC(=O)Nc1ccccc1C. The van der Waals surface area contributed by atoms with Gasteiger partial charge >= 0.3 is 6.03 Å². The number of hydrogen-bond acceptors (Lipinski definition) is 2. The van der Waals surface area contributed by atoms with Gasteiger partial charge in [0.1, 0.15) is 0 Å². The highest BCUT2D eigenvalue weighted by Crippen LogP contribution is 2.12. The van der Waals surface area contributed by atoms with E-state index in [1.165, 1.54) is 0 Å². The Balaban J connectivity index is 2.49. The van der Waals surface area contributed by atoms with Crippen LogP contribution in [0.5, 0.6) is 0 Å². The summed E-state index contributed by atoms with van der Waals surface area (Å²) in [5.74, 6) is 0. The minimum Gasteiger partial charge on any atom is -0.383 e. The van der Waals surface area contributed by atoms with Gasteiger partial charge in [0, 0.05) is 12.8 Å². The van der Waals surface area contributed by atoms with Crippen molar-refractivity contribution in [1.82, 2.24) is 5.32 Å². The molecule has 4 heteroatoms. The summed E-state index contributed by atoms with van der Waals surface area (Å²) >= 11 is 0. The molecule has 1 rings (SSSR count). The van der Waals surface area contributed by atoms with Gasteiger partial charge in [-0.2, -0.15) is 0 Å². The highest BCUT2D eigenvalue weighted by Gasteiger charge is 2.07. The molecule has 0 radical (unpaired) electrons. The molecule has 1 atom stereocenters. The average Bonchev–Trinajstić information content (AvgIpc) is 2.21. The summed E-state index contributed by atoms with van der Waals surface area (Å²) in [6, 6.07) is 7.44. The molecule has 0 saturated carbocycles. The van der Waals surface area contributed by atoms with Crippen LogP contribution in [0.25, 0.3) is 0 Å². The lowest BCUT2D eigenvalue weighted by atomic mass is 10.2. The van der Waals surface area contributed by atoms with Crippen molar-refractivity contribution in [3.05, 3.63) is 29.8 Å². The lowest BCUT2D eigenvalue weighted by Gasteiger charge is -2.14. The fourth-order valence-electron chi connectivity index (χ4n) is 1.39. The maximum atomic E-state index is 11.6. The van der Waals surface area contributed by atoms with E-state index >= 15 is 0 Å². The maximum absolute atomic E-state index is 11.6. The molecule has 1 aromatic rings. The lowest BCUT2D eigenvalue weighted by Crippen LogP contribution is -2.38. The third-order valence-electron chi connectivity index (χ3n) is 2.19. The quantitative estimate of drug-likeness (QED) is 0.820. The first kappa shape index (κ1) is 12.5. The number of ether oxygens (including phenoxy) is 1. The van der Waals surface area contributed by atoms with Crippen LogP contribution in [-0.2, 0) is 4.74 Å². The molecular formula is C12H18N2O2. The number of carbonyl (C=O) groups excluding carboxylic acids is 1. The van der Waals surface area contributed by atoms with Gasteiger partial charge in [0.25, 0.3) is 0 Å². The molecule has 16 heavy (non-hydrogen) atoms. The van der Waals surface area contributed by atoms with Gasteiger partial charge in [-0.3, -0.25) is 0 Å². The summed E-state index contributed by atoms with van der Waals surface area (Å²) in [4.78, 5) is 11.6. The Morgan fingerprint density at radius 1 is 1.44 bits per heavy atom. The minimum atomic E-state index is -0.209. The molecule has 0 saturated heterocycles. The Bertz CT molecular complexity index is 353. The first-order chi connectivity index (χ1) is 7.63. The Morgan fingerprint density at radius 2 is 2.12 bits per heavy atom. The van der Waals surface area contributed by atoms with E-state index in [4.69, 9.17) is 4.74 Å². The van der Waals surface area contributed by atoms with Crippen LogP contribution < -0.4 is 10.6 Å². The molecule has 0 spiro atoms. The molecule has 0 aliphatic carbocycles. The van der Waals surface area contributed by atoms with Gasteiger partial charge in [0.2, 0.25) is 0 Å². The van der Waals surface area contributed by atoms with Crippen molar-refractivity contribution in [1.29, 1.82) is 0 Å².